The first kappa shape index (κ1) is 15.4. The minimum atomic E-state index is -0.184. The number of hydrogen-bond acceptors (Lipinski definition) is 3. The third-order valence-electron chi connectivity index (χ3n) is 6.74. The lowest BCUT2D eigenvalue weighted by Gasteiger charge is -2.53. The number of fused-ring (bicyclic) bond motifs is 4. The van der Waals surface area contributed by atoms with Gasteiger partial charge in [-0.15, -0.1) is 0 Å². The van der Waals surface area contributed by atoms with Crippen LogP contribution >= 0.6 is 0 Å². The SMILES string of the molecule is CC[C@H]1C[C@@H]2C[C@H]3c4[nH]c5ccccc5c4C(OC(C)=O)CN(C2)[C@@H]13. The molecule has 0 amide bonds. The fourth-order valence-electron chi connectivity index (χ4n) is 5.96. The number of nitrogens with zero attached hydrogens (tertiary/aromatic N) is 1. The Morgan fingerprint density at radius 1 is 1.28 bits per heavy atom. The maximum atomic E-state index is 11.8. The van der Waals surface area contributed by atoms with E-state index in [1.807, 2.05) is 0 Å². The largest absolute Gasteiger partial charge is 0.456 e. The number of piperidine rings is 2. The van der Waals surface area contributed by atoms with Gasteiger partial charge in [-0.1, -0.05) is 31.5 Å². The average Bonchev–Trinajstić information content (AvgIpc) is 2.96. The molecule has 1 aromatic heterocycles. The van der Waals surface area contributed by atoms with E-state index in [0.717, 1.165) is 24.9 Å². The molecule has 4 nitrogen and oxygen atoms in total. The highest BCUT2D eigenvalue weighted by atomic mass is 16.5. The Bertz CT molecular complexity index is 826. The summed E-state index contributed by atoms with van der Waals surface area (Å²) in [5, 5.41) is 1.22. The number of ether oxygens (including phenoxy) is 1. The van der Waals surface area contributed by atoms with E-state index in [-0.39, 0.29) is 12.1 Å². The second-order valence-electron chi connectivity index (χ2n) is 8.15. The van der Waals surface area contributed by atoms with Crippen LogP contribution in [-0.2, 0) is 9.53 Å². The van der Waals surface area contributed by atoms with E-state index in [2.05, 4.69) is 41.1 Å². The summed E-state index contributed by atoms with van der Waals surface area (Å²) in [7, 11) is 0. The summed E-state index contributed by atoms with van der Waals surface area (Å²) in [4.78, 5) is 18.2. The molecule has 4 heterocycles. The zero-order chi connectivity index (χ0) is 17.1. The maximum Gasteiger partial charge on any atom is 0.303 e. The molecule has 4 bridgehead atoms. The molecule has 25 heavy (non-hydrogen) atoms. The molecular weight excluding hydrogens is 312 g/mol. The van der Waals surface area contributed by atoms with Crippen LogP contribution in [0.3, 0.4) is 0 Å². The number of hydrogen-bond donors (Lipinski definition) is 1. The Labute approximate surface area is 148 Å². The molecule has 4 heteroatoms. The molecule has 0 radical (unpaired) electrons. The van der Waals surface area contributed by atoms with Gasteiger partial charge in [-0.2, -0.15) is 0 Å². The highest BCUT2D eigenvalue weighted by molar-refractivity contribution is 5.86. The molecule has 132 valence electrons. The smallest absolute Gasteiger partial charge is 0.303 e. The van der Waals surface area contributed by atoms with Gasteiger partial charge in [-0.25, -0.2) is 0 Å². The van der Waals surface area contributed by atoms with Crippen LogP contribution in [0, 0.1) is 11.8 Å². The first-order chi connectivity index (χ1) is 12.2. The van der Waals surface area contributed by atoms with Gasteiger partial charge in [0.1, 0.15) is 6.10 Å². The van der Waals surface area contributed by atoms with E-state index in [1.165, 1.54) is 48.3 Å². The second kappa shape index (κ2) is 5.60. The molecule has 0 spiro atoms. The molecule has 1 N–H and O–H groups in total. The van der Waals surface area contributed by atoms with Crippen molar-refractivity contribution in [1.82, 2.24) is 9.88 Å². The molecule has 3 fully saturated rings. The van der Waals surface area contributed by atoms with Crippen molar-refractivity contribution in [1.29, 1.82) is 0 Å². The molecule has 1 saturated carbocycles. The number of aromatic nitrogens is 1. The fourth-order valence-corrected chi connectivity index (χ4v) is 5.96. The van der Waals surface area contributed by atoms with Gasteiger partial charge in [0.2, 0.25) is 0 Å². The van der Waals surface area contributed by atoms with Crippen LogP contribution in [0.1, 0.15) is 56.4 Å². The molecule has 1 aliphatic carbocycles. The van der Waals surface area contributed by atoms with Gasteiger partial charge in [0, 0.05) is 54.1 Å². The van der Waals surface area contributed by atoms with Gasteiger partial charge in [-0.05, 0) is 30.7 Å². The highest BCUT2D eigenvalue weighted by Gasteiger charge is 2.50. The first-order valence-corrected chi connectivity index (χ1v) is 9.67. The van der Waals surface area contributed by atoms with Crippen molar-refractivity contribution in [3.05, 3.63) is 35.5 Å². The van der Waals surface area contributed by atoms with Crippen LogP contribution < -0.4 is 0 Å². The van der Waals surface area contributed by atoms with Crippen molar-refractivity contribution in [3.8, 4) is 0 Å². The zero-order valence-electron chi connectivity index (χ0n) is 15.0. The molecule has 2 saturated heterocycles. The van der Waals surface area contributed by atoms with Crippen molar-refractivity contribution in [3.63, 3.8) is 0 Å². The molecule has 2 aromatic rings. The molecule has 6 atom stereocenters. The predicted octanol–water partition coefficient (Wildman–Crippen LogP) is 3.99. The summed E-state index contributed by atoms with van der Waals surface area (Å²) in [6.45, 7) is 5.86. The quantitative estimate of drug-likeness (QED) is 0.842. The number of esters is 1. The Hall–Kier alpha value is -1.81. The van der Waals surface area contributed by atoms with E-state index < -0.39 is 0 Å². The molecule has 4 aliphatic rings. The Morgan fingerprint density at radius 3 is 2.92 bits per heavy atom. The first-order valence-electron chi connectivity index (χ1n) is 9.67. The van der Waals surface area contributed by atoms with Gasteiger partial charge in [0.25, 0.3) is 0 Å². The standard InChI is InChI=1S/C21H26N2O2/c1-3-14-8-13-9-16-20-19(15-6-4-5-7-17(15)22-20)18(25-12(2)24)11-23(10-13)21(14)16/h4-7,13-14,16,18,21-22H,3,8-11H2,1-2H3/t13-,14+,16+,18?,21+/m1/s1. The van der Waals surface area contributed by atoms with Gasteiger partial charge < -0.3 is 9.72 Å². The van der Waals surface area contributed by atoms with Gasteiger partial charge in [-0.3, -0.25) is 9.69 Å². The van der Waals surface area contributed by atoms with Crippen LogP contribution in [0.15, 0.2) is 24.3 Å². The molecular formula is C21H26N2O2. The van der Waals surface area contributed by atoms with Crippen molar-refractivity contribution < 1.29 is 9.53 Å². The van der Waals surface area contributed by atoms with Crippen molar-refractivity contribution in [2.75, 3.05) is 13.1 Å². The molecule has 6 rings (SSSR count). The van der Waals surface area contributed by atoms with Gasteiger partial charge in [0.05, 0.1) is 0 Å². The van der Waals surface area contributed by atoms with Crippen LogP contribution in [0.4, 0.5) is 0 Å². The normalized spacial score (nSPS) is 36.1. The van der Waals surface area contributed by atoms with E-state index in [9.17, 15) is 4.79 Å². The van der Waals surface area contributed by atoms with Crippen LogP contribution in [0.25, 0.3) is 10.9 Å². The van der Waals surface area contributed by atoms with Crippen LogP contribution in [-0.4, -0.2) is 35.0 Å². The summed E-state index contributed by atoms with van der Waals surface area (Å²) in [5.41, 5.74) is 3.75. The van der Waals surface area contributed by atoms with E-state index in [4.69, 9.17) is 4.74 Å². The molecule has 3 aliphatic heterocycles. The highest BCUT2D eigenvalue weighted by Crippen LogP contribution is 2.53. The van der Waals surface area contributed by atoms with Gasteiger partial charge in [0.15, 0.2) is 0 Å². The number of aromatic amines is 1. The Morgan fingerprint density at radius 2 is 2.12 bits per heavy atom. The maximum absolute atomic E-state index is 11.8. The third-order valence-corrected chi connectivity index (χ3v) is 6.74. The second-order valence-corrected chi connectivity index (χ2v) is 8.15. The summed E-state index contributed by atoms with van der Waals surface area (Å²) in [5.74, 6) is 1.89. The lowest BCUT2D eigenvalue weighted by atomic mass is 9.65. The van der Waals surface area contributed by atoms with Crippen LogP contribution in [0.5, 0.6) is 0 Å². The predicted molar refractivity (Wildman–Crippen MR) is 97.4 cm³/mol. The number of carbonyl (C=O) groups excluding carboxylic acids is 1. The summed E-state index contributed by atoms with van der Waals surface area (Å²) >= 11 is 0. The number of benzene rings is 1. The van der Waals surface area contributed by atoms with Crippen molar-refractivity contribution in [2.45, 2.75) is 51.2 Å². The average molecular weight is 338 g/mol. The number of carbonyl (C=O) groups is 1. The Balaban J connectivity index is 1.70. The van der Waals surface area contributed by atoms with Crippen molar-refractivity contribution >= 4 is 16.9 Å². The molecule has 1 aromatic carbocycles. The summed E-state index contributed by atoms with van der Waals surface area (Å²) in [6.07, 6.45) is 3.71. The number of rotatable bonds is 2. The summed E-state index contributed by atoms with van der Waals surface area (Å²) in [6, 6.07) is 9.06. The van der Waals surface area contributed by atoms with Crippen LogP contribution in [0.2, 0.25) is 0 Å². The van der Waals surface area contributed by atoms with Gasteiger partial charge >= 0.3 is 5.97 Å². The van der Waals surface area contributed by atoms with E-state index in [0.29, 0.717) is 12.0 Å². The van der Waals surface area contributed by atoms with E-state index >= 15 is 0 Å². The minimum absolute atomic E-state index is 0.162. The number of nitrogens with one attached hydrogen (secondary N) is 1. The lowest BCUT2D eigenvalue weighted by molar-refractivity contribution is -0.148. The number of para-hydroxylation sites is 1. The summed E-state index contributed by atoms with van der Waals surface area (Å²) < 4.78 is 5.85. The third kappa shape index (κ3) is 2.27. The van der Waals surface area contributed by atoms with Crippen molar-refractivity contribution in [2.24, 2.45) is 11.8 Å². The van der Waals surface area contributed by atoms with E-state index in [1.54, 1.807) is 0 Å². The monoisotopic (exact) mass is 338 g/mol. The zero-order valence-corrected chi connectivity index (χ0v) is 15.0. The Kier molecular flexibility index (Phi) is 3.46. The number of H-pyrrole nitrogens is 1. The molecule has 2 unspecified atom stereocenters. The lowest BCUT2D eigenvalue weighted by Crippen LogP contribution is -2.56. The fraction of sp³-hybridized carbons (Fsp3) is 0.571. The topological polar surface area (TPSA) is 45.3 Å². The minimum Gasteiger partial charge on any atom is -0.456 e.